The van der Waals surface area contributed by atoms with Crippen LogP contribution in [0.1, 0.15) is 43.7 Å². The van der Waals surface area contributed by atoms with Crippen LogP contribution >= 0.6 is 0 Å². The van der Waals surface area contributed by atoms with Gasteiger partial charge < -0.3 is 14.8 Å². The van der Waals surface area contributed by atoms with Crippen molar-refractivity contribution in [3.8, 4) is 0 Å². The van der Waals surface area contributed by atoms with Crippen LogP contribution in [0.2, 0.25) is 0 Å². The van der Waals surface area contributed by atoms with Crippen molar-refractivity contribution in [1.82, 2.24) is 5.32 Å². The molecule has 0 aliphatic carbocycles. The van der Waals surface area contributed by atoms with Crippen LogP contribution in [0, 0.1) is 13.8 Å². The zero-order valence-electron chi connectivity index (χ0n) is 17.5. The molecule has 0 saturated carbocycles. The summed E-state index contributed by atoms with van der Waals surface area (Å²) in [4.78, 5) is 47.6. The Morgan fingerprint density at radius 3 is 2.67 bits per heavy atom. The third-order valence-corrected chi connectivity index (χ3v) is 4.38. The van der Waals surface area contributed by atoms with Gasteiger partial charge in [0.15, 0.2) is 6.61 Å². The summed E-state index contributed by atoms with van der Waals surface area (Å²) in [7, 11) is 0. The minimum atomic E-state index is -0.737. The maximum Gasteiger partial charge on any atom is 0.355 e. The molecule has 1 N–H and O–H groups in total. The quantitative estimate of drug-likeness (QED) is 0.484. The molecule has 2 rings (SSSR count). The van der Waals surface area contributed by atoms with Gasteiger partial charge in [-0.05, 0) is 44.4 Å². The van der Waals surface area contributed by atoms with E-state index in [0.717, 1.165) is 11.1 Å². The van der Waals surface area contributed by atoms with Crippen molar-refractivity contribution in [1.29, 1.82) is 0 Å². The summed E-state index contributed by atoms with van der Waals surface area (Å²) in [5.41, 5.74) is 2.53. The predicted molar refractivity (Wildman–Crippen MR) is 110 cm³/mol. The molecule has 9 nitrogen and oxygen atoms in total. The average Bonchev–Trinajstić information content (AvgIpc) is 2.72. The summed E-state index contributed by atoms with van der Waals surface area (Å²) >= 11 is 0. The van der Waals surface area contributed by atoms with Crippen molar-refractivity contribution in [2.75, 3.05) is 24.8 Å². The average molecular weight is 417 g/mol. The van der Waals surface area contributed by atoms with E-state index in [1.807, 2.05) is 32.0 Å². The SMILES string of the molecule is CCOC(=O)CCCNC(=O)COC(=O)C1=NN(c2cc(C)ccc2C)C(=O)CC1. The first-order valence-electron chi connectivity index (χ1n) is 9.89. The summed E-state index contributed by atoms with van der Waals surface area (Å²) in [5, 5.41) is 7.95. The number of hydrazone groups is 1. The Hall–Kier alpha value is -3.23. The van der Waals surface area contributed by atoms with E-state index in [2.05, 4.69) is 10.4 Å². The Bertz CT molecular complexity index is 849. The smallest absolute Gasteiger partial charge is 0.355 e. The van der Waals surface area contributed by atoms with Gasteiger partial charge in [-0.25, -0.2) is 4.79 Å². The Balaban J connectivity index is 1.87. The van der Waals surface area contributed by atoms with E-state index in [1.165, 1.54) is 5.01 Å². The number of amides is 2. The predicted octanol–water partition coefficient (Wildman–Crippen LogP) is 1.79. The van der Waals surface area contributed by atoms with Crippen LogP contribution in [0.15, 0.2) is 23.3 Å². The molecule has 2 amide bonds. The van der Waals surface area contributed by atoms with Gasteiger partial charge in [-0.2, -0.15) is 10.1 Å². The van der Waals surface area contributed by atoms with Crippen LogP contribution in [0.3, 0.4) is 0 Å². The van der Waals surface area contributed by atoms with Crippen LogP contribution in [-0.2, 0) is 28.7 Å². The van der Waals surface area contributed by atoms with Gasteiger partial charge in [0.05, 0.1) is 12.3 Å². The molecule has 0 saturated heterocycles. The minimum Gasteiger partial charge on any atom is -0.466 e. The van der Waals surface area contributed by atoms with Crippen molar-refractivity contribution >= 4 is 35.2 Å². The largest absolute Gasteiger partial charge is 0.466 e. The lowest BCUT2D eigenvalue weighted by Gasteiger charge is -2.24. The third kappa shape index (κ3) is 6.68. The van der Waals surface area contributed by atoms with E-state index in [9.17, 15) is 19.2 Å². The van der Waals surface area contributed by atoms with E-state index in [-0.39, 0.29) is 43.4 Å². The van der Waals surface area contributed by atoms with Crippen LogP contribution in [0.25, 0.3) is 0 Å². The van der Waals surface area contributed by atoms with Crippen molar-refractivity contribution in [3.05, 3.63) is 29.3 Å². The molecule has 1 aromatic carbocycles. The molecule has 1 aliphatic heterocycles. The van der Waals surface area contributed by atoms with E-state index >= 15 is 0 Å². The fourth-order valence-corrected chi connectivity index (χ4v) is 2.80. The molecule has 0 radical (unpaired) electrons. The maximum absolute atomic E-state index is 12.3. The number of carbonyl (C=O) groups is 4. The summed E-state index contributed by atoms with van der Waals surface area (Å²) in [5.74, 6) is -1.75. The topological polar surface area (TPSA) is 114 Å². The first kappa shape index (κ1) is 23.1. The molecule has 1 heterocycles. The van der Waals surface area contributed by atoms with Gasteiger partial charge in [0.25, 0.3) is 5.91 Å². The molecular formula is C21H27N3O6. The number of nitrogens with zero attached hydrogens (tertiary/aromatic N) is 2. The first-order valence-corrected chi connectivity index (χ1v) is 9.89. The van der Waals surface area contributed by atoms with Crippen molar-refractivity contribution in [3.63, 3.8) is 0 Å². The third-order valence-electron chi connectivity index (χ3n) is 4.38. The minimum absolute atomic E-state index is 0.0885. The molecule has 1 aromatic rings. The molecule has 0 aromatic heterocycles. The van der Waals surface area contributed by atoms with E-state index < -0.39 is 18.5 Å². The Morgan fingerprint density at radius 1 is 1.17 bits per heavy atom. The number of hydrogen-bond donors (Lipinski definition) is 1. The number of carbonyl (C=O) groups excluding carboxylic acids is 4. The number of ether oxygens (including phenoxy) is 2. The lowest BCUT2D eigenvalue weighted by atomic mass is 10.1. The number of nitrogens with one attached hydrogen (secondary N) is 1. The molecule has 0 fully saturated rings. The summed E-state index contributed by atoms with van der Waals surface area (Å²) in [6.07, 6.45) is 0.909. The second kappa shape index (κ2) is 11.1. The highest BCUT2D eigenvalue weighted by molar-refractivity contribution is 6.38. The van der Waals surface area contributed by atoms with Gasteiger partial charge in [-0.1, -0.05) is 12.1 Å². The van der Waals surface area contributed by atoms with Gasteiger partial charge in [-0.3, -0.25) is 14.4 Å². The second-order valence-electron chi connectivity index (χ2n) is 6.88. The van der Waals surface area contributed by atoms with E-state index in [4.69, 9.17) is 9.47 Å². The van der Waals surface area contributed by atoms with Crippen LogP contribution < -0.4 is 10.3 Å². The van der Waals surface area contributed by atoms with Crippen LogP contribution in [0.5, 0.6) is 0 Å². The lowest BCUT2D eigenvalue weighted by Crippen LogP contribution is -2.36. The van der Waals surface area contributed by atoms with E-state index in [1.54, 1.807) is 6.92 Å². The van der Waals surface area contributed by atoms with Gasteiger partial charge in [0.2, 0.25) is 5.91 Å². The lowest BCUT2D eigenvalue weighted by molar-refractivity contribution is -0.143. The Labute approximate surface area is 175 Å². The van der Waals surface area contributed by atoms with Crippen molar-refractivity contribution < 1.29 is 28.7 Å². The Kier molecular flexibility index (Phi) is 8.52. The molecule has 162 valence electrons. The molecule has 0 spiro atoms. The zero-order valence-corrected chi connectivity index (χ0v) is 17.5. The molecule has 30 heavy (non-hydrogen) atoms. The number of anilines is 1. The molecule has 1 aliphatic rings. The number of aryl methyl sites for hydroxylation is 2. The molecule has 0 bridgehead atoms. The summed E-state index contributed by atoms with van der Waals surface area (Å²) in [6.45, 7) is 5.61. The van der Waals surface area contributed by atoms with Gasteiger partial charge in [0, 0.05) is 25.8 Å². The standard InChI is InChI=1S/C21H27N3O6/c1-4-29-20(27)6-5-11-22-18(25)13-30-21(28)16-9-10-19(26)24(23-16)17-12-14(2)7-8-15(17)3/h7-8,12H,4-6,9-11,13H2,1-3H3,(H,22,25). The molecular weight excluding hydrogens is 390 g/mol. The number of hydrogen-bond acceptors (Lipinski definition) is 7. The zero-order chi connectivity index (χ0) is 22.1. The fraction of sp³-hybridized carbons (Fsp3) is 0.476. The van der Waals surface area contributed by atoms with Crippen molar-refractivity contribution in [2.45, 2.75) is 46.5 Å². The van der Waals surface area contributed by atoms with Gasteiger partial charge in [-0.15, -0.1) is 0 Å². The van der Waals surface area contributed by atoms with Crippen molar-refractivity contribution in [2.24, 2.45) is 5.10 Å². The number of rotatable bonds is 9. The molecule has 0 atom stereocenters. The normalized spacial score (nSPS) is 13.5. The Morgan fingerprint density at radius 2 is 1.93 bits per heavy atom. The highest BCUT2D eigenvalue weighted by Gasteiger charge is 2.27. The van der Waals surface area contributed by atoms with Gasteiger partial charge in [0.1, 0.15) is 5.71 Å². The summed E-state index contributed by atoms with van der Waals surface area (Å²) < 4.78 is 9.82. The highest BCUT2D eigenvalue weighted by Crippen LogP contribution is 2.25. The van der Waals surface area contributed by atoms with Gasteiger partial charge >= 0.3 is 11.9 Å². The number of esters is 2. The fourth-order valence-electron chi connectivity index (χ4n) is 2.80. The maximum atomic E-state index is 12.3. The molecule has 9 heteroatoms. The first-order chi connectivity index (χ1) is 14.3. The highest BCUT2D eigenvalue weighted by atomic mass is 16.5. The monoisotopic (exact) mass is 417 g/mol. The van der Waals surface area contributed by atoms with E-state index in [0.29, 0.717) is 18.7 Å². The second-order valence-corrected chi connectivity index (χ2v) is 6.88. The molecule has 0 unspecified atom stereocenters. The van der Waals surface area contributed by atoms with Crippen LogP contribution in [0.4, 0.5) is 5.69 Å². The summed E-state index contributed by atoms with van der Waals surface area (Å²) in [6, 6.07) is 5.64. The number of benzene rings is 1. The van der Waals surface area contributed by atoms with Crippen LogP contribution in [-0.4, -0.2) is 49.2 Å².